The van der Waals surface area contributed by atoms with Gasteiger partial charge in [-0.15, -0.1) is 0 Å². The number of morpholine rings is 1. The Bertz CT molecular complexity index is 770. The Balaban J connectivity index is 1.41. The molecule has 1 N–H and O–H groups in total. The Morgan fingerprint density at radius 2 is 2.08 bits per heavy atom. The van der Waals surface area contributed by atoms with Crippen LogP contribution in [0.25, 0.3) is 0 Å². The zero-order chi connectivity index (χ0) is 18.1. The van der Waals surface area contributed by atoms with Crippen LogP contribution >= 0.6 is 0 Å². The summed E-state index contributed by atoms with van der Waals surface area (Å²) in [6, 6.07) is 8.06. The van der Waals surface area contributed by atoms with E-state index in [0.717, 1.165) is 49.6 Å². The van der Waals surface area contributed by atoms with Crippen LogP contribution in [-0.4, -0.2) is 58.2 Å². The van der Waals surface area contributed by atoms with Gasteiger partial charge in [0.2, 0.25) is 0 Å². The molecular formula is C20H26N4O2. The number of rotatable bonds is 3. The highest BCUT2D eigenvalue weighted by Gasteiger charge is 2.27. The van der Waals surface area contributed by atoms with Gasteiger partial charge in [-0.2, -0.15) is 5.10 Å². The lowest BCUT2D eigenvalue weighted by Crippen LogP contribution is -2.40. The van der Waals surface area contributed by atoms with Gasteiger partial charge in [-0.05, 0) is 24.6 Å². The van der Waals surface area contributed by atoms with E-state index in [0.29, 0.717) is 12.6 Å². The van der Waals surface area contributed by atoms with E-state index in [1.807, 2.05) is 23.2 Å². The van der Waals surface area contributed by atoms with Crippen LogP contribution in [0.3, 0.4) is 0 Å². The lowest BCUT2D eigenvalue weighted by atomic mass is 9.97. The number of nitrogens with zero attached hydrogens (tertiary/aromatic N) is 3. The number of amides is 1. The number of hydrogen-bond donors (Lipinski definition) is 1. The summed E-state index contributed by atoms with van der Waals surface area (Å²) in [6.45, 7) is 9.21. The van der Waals surface area contributed by atoms with Gasteiger partial charge in [-0.3, -0.25) is 14.8 Å². The highest BCUT2D eigenvalue weighted by molar-refractivity contribution is 5.94. The average Bonchev–Trinajstić information content (AvgIpc) is 3.11. The summed E-state index contributed by atoms with van der Waals surface area (Å²) in [4.78, 5) is 17.2. The molecule has 2 aromatic rings. The molecule has 1 amide bonds. The molecule has 26 heavy (non-hydrogen) atoms. The second-order valence-electron chi connectivity index (χ2n) is 7.51. The summed E-state index contributed by atoms with van der Waals surface area (Å²) in [6.07, 6.45) is 2.12. The van der Waals surface area contributed by atoms with Crippen molar-refractivity contribution in [3.63, 3.8) is 0 Å². The van der Waals surface area contributed by atoms with E-state index < -0.39 is 0 Å². The number of carbonyl (C=O) groups is 1. The summed E-state index contributed by atoms with van der Waals surface area (Å²) < 4.78 is 5.59. The zero-order valence-electron chi connectivity index (χ0n) is 15.4. The molecule has 0 aliphatic carbocycles. The molecule has 0 bridgehead atoms. The maximum atomic E-state index is 12.9. The third-order valence-corrected chi connectivity index (χ3v) is 5.32. The number of benzene rings is 1. The molecular weight excluding hydrogens is 328 g/mol. The fourth-order valence-corrected chi connectivity index (χ4v) is 3.95. The Kier molecular flexibility index (Phi) is 4.78. The number of carbonyl (C=O) groups excluding carboxylic acids is 1. The van der Waals surface area contributed by atoms with Crippen LogP contribution in [0.2, 0.25) is 0 Å². The van der Waals surface area contributed by atoms with Crippen molar-refractivity contribution >= 4 is 5.91 Å². The Hall–Kier alpha value is -2.18. The fraction of sp³-hybridized carbons (Fsp3) is 0.500. The molecule has 6 nitrogen and oxygen atoms in total. The molecule has 6 heteroatoms. The number of ether oxygens (including phenoxy) is 1. The lowest BCUT2D eigenvalue weighted by molar-refractivity contribution is -0.0212. The molecule has 1 aromatic heterocycles. The average molecular weight is 354 g/mol. The minimum absolute atomic E-state index is 0.0928. The smallest absolute Gasteiger partial charge is 0.254 e. The van der Waals surface area contributed by atoms with Gasteiger partial charge in [-0.1, -0.05) is 19.1 Å². The van der Waals surface area contributed by atoms with Gasteiger partial charge < -0.3 is 9.64 Å². The van der Waals surface area contributed by atoms with Crippen molar-refractivity contribution in [3.8, 4) is 0 Å². The topological polar surface area (TPSA) is 61.5 Å². The summed E-state index contributed by atoms with van der Waals surface area (Å²) >= 11 is 0. The first-order valence-electron chi connectivity index (χ1n) is 9.34. The standard InChI is InChI=1S/C20H26N4O2/c1-14-10-24(13-18-9-21-22-19(14)18)20(25)17-5-3-16(4-6-17)12-23-7-8-26-15(2)11-23/h3-6,9,14-15H,7-8,10-13H2,1-2H3,(H,21,22). The number of nitrogens with one attached hydrogen (secondary N) is 1. The molecule has 4 rings (SSSR count). The van der Waals surface area contributed by atoms with Gasteiger partial charge in [0.15, 0.2) is 0 Å². The van der Waals surface area contributed by atoms with Gasteiger partial charge in [0, 0.05) is 55.5 Å². The van der Waals surface area contributed by atoms with Crippen molar-refractivity contribution in [1.29, 1.82) is 0 Å². The molecule has 2 unspecified atom stereocenters. The van der Waals surface area contributed by atoms with Gasteiger partial charge in [0.25, 0.3) is 5.91 Å². The first-order valence-corrected chi connectivity index (χ1v) is 9.34. The van der Waals surface area contributed by atoms with Crippen LogP contribution in [-0.2, 0) is 17.8 Å². The van der Waals surface area contributed by atoms with Gasteiger partial charge in [0.05, 0.1) is 18.9 Å². The lowest BCUT2D eigenvalue weighted by Gasteiger charge is -2.31. The van der Waals surface area contributed by atoms with E-state index in [4.69, 9.17) is 4.74 Å². The largest absolute Gasteiger partial charge is 0.376 e. The molecule has 1 aromatic carbocycles. The molecule has 2 aliphatic heterocycles. The minimum atomic E-state index is 0.0928. The summed E-state index contributed by atoms with van der Waals surface area (Å²) in [5.41, 5.74) is 4.27. The van der Waals surface area contributed by atoms with Crippen molar-refractivity contribution in [2.24, 2.45) is 0 Å². The Morgan fingerprint density at radius 3 is 2.85 bits per heavy atom. The Labute approximate surface area is 154 Å². The molecule has 2 atom stereocenters. The first kappa shape index (κ1) is 17.2. The third kappa shape index (κ3) is 3.52. The minimum Gasteiger partial charge on any atom is -0.376 e. The highest BCUT2D eigenvalue weighted by Crippen LogP contribution is 2.27. The molecule has 138 valence electrons. The normalized spacial score (nSPS) is 23.7. The third-order valence-electron chi connectivity index (χ3n) is 5.32. The zero-order valence-corrected chi connectivity index (χ0v) is 15.4. The van der Waals surface area contributed by atoms with Gasteiger partial charge >= 0.3 is 0 Å². The second kappa shape index (κ2) is 7.21. The van der Waals surface area contributed by atoms with E-state index in [1.54, 1.807) is 0 Å². The highest BCUT2D eigenvalue weighted by atomic mass is 16.5. The number of aromatic nitrogens is 2. The molecule has 1 saturated heterocycles. The van der Waals surface area contributed by atoms with Crippen molar-refractivity contribution in [1.82, 2.24) is 20.0 Å². The summed E-state index contributed by atoms with van der Waals surface area (Å²) in [5.74, 6) is 0.378. The molecule has 0 spiro atoms. The van der Waals surface area contributed by atoms with Gasteiger partial charge in [0.1, 0.15) is 0 Å². The maximum absolute atomic E-state index is 12.9. The fourth-order valence-electron chi connectivity index (χ4n) is 3.95. The summed E-state index contributed by atoms with van der Waals surface area (Å²) in [5, 5.41) is 7.17. The Morgan fingerprint density at radius 1 is 1.27 bits per heavy atom. The molecule has 0 saturated carbocycles. The van der Waals surface area contributed by atoms with Gasteiger partial charge in [-0.25, -0.2) is 0 Å². The predicted octanol–water partition coefficient (Wildman–Crippen LogP) is 2.39. The number of aromatic amines is 1. The number of H-pyrrole nitrogens is 1. The van der Waals surface area contributed by atoms with Crippen LogP contribution < -0.4 is 0 Å². The predicted molar refractivity (Wildman–Crippen MR) is 98.9 cm³/mol. The molecule has 0 radical (unpaired) electrons. The maximum Gasteiger partial charge on any atom is 0.254 e. The van der Waals surface area contributed by atoms with E-state index in [9.17, 15) is 4.79 Å². The van der Waals surface area contributed by atoms with E-state index in [-0.39, 0.29) is 11.8 Å². The molecule has 3 heterocycles. The van der Waals surface area contributed by atoms with Crippen LogP contribution in [0.4, 0.5) is 0 Å². The van der Waals surface area contributed by atoms with E-state index in [2.05, 4.69) is 41.1 Å². The number of fused-ring (bicyclic) bond motifs is 1. The van der Waals surface area contributed by atoms with Crippen LogP contribution in [0.1, 0.15) is 46.9 Å². The quantitative estimate of drug-likeness (QED) is 0.919. The van der Waals surface area contributed by atoms with Crippen molar-refractivity contribution in [3.05, 3.63) is 52.8 Å². The second-order valence-corrected chi connectivity index (χ2v) is 7.51. The SMILES string of the molecule is CC1CN(Cc2ccc(C(=O)N3Cc4cn[nH]c4C(C)C3)cc2)CCO1. The van der Waals surface area contributed by atoms with Crippen LogP contribution in [0.5, 0.6) is 0 Å². The summed E-state index contributed by atoms with van der Waals surface area (Å²) in [7, 11) is 0. The van der Waals surface area contributed by atoms with Crippen LogP contribution in [0.15, 0.2) is 30.5 Å². The first-order chi connectivity index (χ1) is 12.6. The molecule has 1 fully saturated rings. The van der Waals surface area contributed by atoms with Crippen molar-refractivity contribution in [2.75, 3.05) is 26.2 Å². The van der Waals surface area contributed by atoms with Crippen LogP contribution in [0, 0.1) is 0 Å². The van der Waals surface area contributed by atoms with E-state index in [1.165, 1.54) is 5.56 Å². The van der Waals surface area contributed by atoms with Crippen molar-refractivity contribution in [2.45, 2.75) is 39.0 Å². The molecule has 2 aliphatic rings. The number of hydrogen-bond acceptors (Lipinski definition) is 4. The van der Waals surface area contributed by atoms with Crippen molar-refractivity contribution < 1.29 is 9.53 Å². The monoisotopic (exact) mass is 354 g/mol. The van der Waals surface area contributed by atoms with E-state index >= 15 is 0 Å².